The van der Waals surface area contributed by atoms with Crippen LogP contribution in [0.2, 0.25) is 5.02 Å². The standard InChI is InChI=1S/C15H18ClN3O4S/c1-10-2-3-12(8-13(10)16)24(22,23)18-6-4-11(5-7-18)19-14(20)9-17-15(19)21/h2-3,8,11H,4-7,9H2,1H3,(H,17,21). The summed E-state index contributed by atoms with van der Waals surface area (Å²) in [5, 5.41) is 2.89. The molecule has 2 heterocycles. The van der Waals surface area contributed by atoms with Crippen molar-refractivity contribution < 1.29 is 18.0 Å². The zero-order valence-corrected chi connectivity index (χ0v) is 14.7. The molecule has 1 aromatic carbocycles. The van der Waals surface area contributed by atoms with Gasteiger partial charge in [-0.25, -0.2) is 13.2 Å². The molecule has 130 valence electrons. The summed E-state index contributed by atoms with van der Waals surface area (Å²) >= 11 is 6.03. The summed E-state index contributed by atoms with van der Waals surface area (Å²) in [6.07, 6.45) is 0.857. The number of sulfonamides is 1. The van der Waals surface area contributed by atoms with E-state index < -0.39 is 16.1 Å². The van der Waals surface area contributed by atoms with Crippen molar-refractivity contribution in [3.8, 4) is 0 Å². The second-order valence-electron chi connectivity index (χ2n) is 5.97. The van der Waals surface area contributed by atoms with Crippen molar-refractivity contribution in [1.82, 2.24) is 14.5 Å². The Hall–Kier alpha value is -1.64. The number of aryl methyl sites for hydroxylation is 1. The quantitative estimate of drug-likeness (QED) is 0.812. The van der Waals surface area contributed by atoms with Crippen LogP contribution in [-0.2, 0) is 14.8 Å². The van der Waals surface area contributed by atoms with E-state index in [1.54, 1.807) is 12.1 Å². The van der Waals surface area contributed by atoms with Gasteiger partial charge in [-0.05, 0) is 37.5 Å². The first-order valence-corrected chi connectivity index (χ1v) is 9.48. The topological polar surface area (TPSA) is 86.8 Å². The lowest BCUT2D eigenvalue weighted by atomic mass is 10.1. The zero-order valence-electron chi connectivity index (χ0n) is 13.2. The SMILES string of the molecule is Cc1ccc(S(=O)(=O)N2CCC(N3C(=O)CNC3=O)CC2)cc1Cl. The van der Waals surface area contributed by atoms with Gasteiger partial charge in [0.2, 0.25) is 15.9 Å². The lowest BCUT2D eigenvalue weighted by molar-refractivity contribution is -0.127. The number of imide groups is 1. The smallest absolute Gasteiger partial charge is 0.324 e. The molecule has 0 radical (unpaired) electrons. The van der Waals surface area contributed by atoms with Crippen molar-refractivity contribution in [3.05, 3.63) is 28.8 Å². The summed E-state index contributed by atoms with van der Waals surface area (Å²) in [6, 6.07) is 4.02. The molecule has 1 N–H and O–H groups in total. The van der Waals surface area contributed by atoms with E-state index in [-0.39, 0.29) is 36.5 Å². The number of carbonyl (C=O) groups is 2. The molecule has 3 amide bonds. The summed E-state index contributed by atoms with van der Waals surface area (Å²) < 4.78 is 26.8. The number of carbonyl (C=O) groups excluding carboxylic acids is 2. The number of urea groups is 1. The van der Waals surface area contributed by atoms with Crippen LogP contribution in [0.3, 0.4) is 0 Å². The number of rotatable bonds is 3. The van der Waals surface area contributed by atoms with E-state index in [9.17, 15) is 18.0 Å². The second-order valence-corrected chi connectivity index (χ2v) is 8.31. The van der Waals surface area contributed by atoms with Gasteiger partial charge < -0.3 is 5.32 Å². The maximum absolute atomic E-state index is 12.7. The lowest BCUT2D eigenvalue weighted by Gasteiger charge is -2.34. The molecule has 9 heteroatoms. The molecule has 0 unspecified atom stereocenters. The average Bonchev–Trinajstić information content (AvgIpc) is 2.89. The highest BCUT2D eigenvalue weighted by molar-refractivity contribution is 7.89. The van der Waals surface area contributed by atoms with Gasteiger partial charge in [0.15, 0.2) is 0 Å². The van der Waals surface area contributed by atoms with Gasteiger partial charge in [0.25, 0.3) is 0 Å². The summed E-state index contributed by atoms with van der Waals surface area (Å²) in [5.41, 5.74) is 0.813. The Labute approximate surface area is 145 Å². The van der Waals surface area contributed by atoms with Crippen LogP contribution < -0.4 is 5.32 Å². The van der Waals surface area contributed by atoms with Gasteiger partial charge in [0.1, 0.15) is 0 Å². The fraction of sp³-hybridized carbons (Fsp3) is 0.467. The minimum Gasteiger partial charge on any atom is -0.329 e. The zero-order chi connectivity index (χ0) is 17.5. The highest BCUT2D eigenvalue weighted by Crippen LogP contribution is 2.26. The summed E-state index contributed by atoms with van der Waals surface area (Å²) in [5.74, 6) is -0.258. The average molecular weight is 372 g/mol. The Kier molecular flexibility index (Phi) is 4.54. The molecular weight excluding hydrogens is 354 g/mol. The van der Waals surface area contributed by atoms with E-state index in [4.69, 9.17) is 11.6 Å². The Morgan fingerprint density at radius 3 is 2.42 bits per heavy atom. The van der Waals surface area contributed by atoms with E-state index in [0.29, 0.717) is 17.9 Å². The number of piperidine rings is 1. The van der Waals surface area contributed by atoms with E-state index >= 15 is 0 Å². The van der Waals surface area contributed by atoms with E-state index in [2.05, 4.69) is 5.32 Å². The summed E-state index contributed by atoms with van der Waals surface area (Å²) in [7, 11) is -3.63. The maximum atomic E-state index is 12.7. The van der Waals surface area contributed by atoms with E-state index in [1.807, 2.05) is 6.92 Å². The van der Waals surface area contributed by atoms with Gasteiger partial charge in [0, 0.05) is 24.2 Å². The summed E-state index contributed by atoms with van der Waals surface area (Å²) in [4.78, 5) is 24.8. The van der Waals surface area contributed by atoms with Crippen molar-refractivity contribution >= 4 is 33.6 Å². The van der Waals surface area contributed by atoms with Crippen LogP contribution in [0.5, 0.6) is 0 Å². The fourth-order valence-electron chi connectivity index (χ4n) is 3.03. The molecule has 0 saturated carbocycles. The minimum atomic E-state index is -3.63. The van der Waals surface area contributed by atoms with Crippen LogP contribution in [0.4, 0.5) is 4.79 Å². The number of hydrogen-bond donors (Lipinski definition) is 1. The van der Waals surface area contributed by atoms with E-state index in [1.165, 1.54) is 15.3 Å². The largest absolute Gasteiger partial charge is 0.329 e. The molecule has 24 heavy (non-hydrogen) atoms. The van der Waals surface area contributed by atoms with Gasteiger partial charge in [-0.1, -0.05) is 17.7 Å². The Morgan fingerprint density at radius 1 is 1.21 bits per heavy atom. The predicted octanol–water partition coefficient (Wildman–Crippen LogP) is 1.35. The third-order valence-electron chi connectivity index (χ3n) is 4.45. The van der Waals surface area contributed by atoms with Crippen LogP contribution in [-0.4, -0.2) is 55.2 Å². The van der Waals surface area contributed by atoms with Crippen LogP contribution >= 0.6 is 11.6 Å². The molecule has 2 aliphatic heterocycles. The first kappa shape index (κ1) is 17.2. The van der Waals surface area contributed by atoms with Crippen molar-refractivity contribution in [2.75, 3.05) is 19.6 Å². The molecule has 2 saturated heterocycles. The van der Waals surface area contributed by atoms with Gasteiger partial charge in [0.05, 0.1) is 11.4 Å². The van der Waals surface area contributed by atoms with Crippen LogP contribution in [0.1, 0.15) is 18.4 Å². The van der Waals surface area contributed by atoms with E-state index in [0.717, 1.165) is 5.56 Å². The third kappa shape index (κ3) is 3.01. The number of hydrogen-bond acceptors (Lipinski definition) is 4. The summed E-state index contributed by atoms with van der Waals surface area (Å²) in [6.45, 7) is 2.34. The van der Waals surface area contributed by atoms with Gasteiger partial charge in [-0.15, -0.1) is 0 Å². The van der Waals surface area contributed by atoms with Gasteiger partial charge in [-0.3, -0.25) is 9.69 Å². The van der Waals surface area contributed by atoms with Crippen LogP contribution in [0.25, 0.3) is 0 Å². The second kappa shape index (κ2) is 6.34. The molecule has 0 aliphatic carbocycles. The Balaban J connectivity index is 1.72. The maximum Gasteiger partial charge on any atom is 0.324 e. The molecule has 0 aromatic heterocycles. The van der Waals surface area contributed by atoms with Crippen molar-refractivity contribution in [2.45, 2.75) is 30.7 Å². The molecule has 0 bridgehead atoms. The van der Waals surface area contributed by atoms with Crippen LogP contribution in [0.15, 0.2) is 23.1 Å². The van der Waals surface area contributed by atoms with Gasteiger partial charge in [-0.2, -0.15) is 4.31 Å². The third-order valence-corrected chi connectivity index (χ3v) is 6.75. The van der Waals surface area contributed by atoms with Crippen molar-refractivity contribution in [2.24, 2.45) is 0 Å². The lowest BCUT2D eigenvalue weighted by Crippen LogP contribution is -2.48. The molecule has 7 nitrogen and oxygen atoms in total. The molecule has 1 aromatic rings. The molecule has 3 rings (SSSR count). The molecular formula is C15H18ClN3O4S. The Morgan fingerprint density at radius 2 is 1.88 bits per heavy atom. The van der Waals surface area contributed by atoms with Crippen molar-refractivity contribution in [1.29, 1.82) is 0 Å². The first-order valence-electron chi connectivity index (χ1n) is 7.67. The molecule has 2 fully saturated rings. The Bertz CT molecular complexity index is 772. The monoisotopic (exact) mass is 371 g/mol. The highest BCUT2D eigenvalue weighted by Gasteiger charge is 2.38. The predicted molar refractivity (Wildman–Crippen MR) is 88.2 cm³/mol. The fourth-order valence-corrected chi connectivity index (χ4v) is 4.77. The first-order chi connectivity index (χ1) is 11.3. The number of nitrogens with zero attached hydrogens (tertiary/aromatic N) is 2. The highest BCUT2D eigenvalue weighted by atomic mass is 35.5. The van der Waals surface area contributed by atoms with Crippen LogP contribution in [0, 0.1) is 6.92 Å². The van der Waals surface area contributed by atoms with Crippen molar-refractivity contribution in [3.63, 3.8) is 0 Å². The molecule has 0 atom stereocenters. The molecule has 0 spiro atoms. The number of amides is 3. The van der Waals surface area contributed by atoms with Gasteiger partial charge >= 0.3 is 6.03 Å². The number of nitrogens with one attached hydrogen (secondary N) is 1. The minimum absolute atomic E-state index is 0.0131. The molecule has 2 aliphatic rings. The number of halogens is 1. The number of benzene rings is 1. The normalized spacial score (nSPS) is 20.5.